The molecule has 1 aromatic rings. The highest BCUT2D eigenvalue weighted by atomic mass is 16.7. The molecule has 1 saturated carbocycles. The molecule has 0 atom stereocenters. The Kier molecular flexibility index (Phi) is 4.48. The highest BCUT2D eigenvalue weighted by Gasteiger charge is 2.57. The lowest BCUT2D eigenvalue weighted by molar-refractivity contribution is -0.286. The lowest BCUT2D eigenvalue weighted by Gasteiger charge is -2.40. The number of likely N-dealkylation sites (tertiary alicyclic amines) is 1. The zero-order valence-electron chi connectivity index (χ0n) is 17.4. The summed E-state index contributed by atoms with van der Waals surface area (Å²) in [6.07, 6.45) is 5.60. The number of hydrogen-bond acceptors (Lipinski definition) is 4. The first-order valence-electron chi connectivity index (χ1n) is 10.9. The molecule has 5 rings (SSSR count). The van der Waals surface area contributed by atoms with Gasteiger partial charge in [-0.1, -0.05) is 13.8 Å². The minimum Gasteiger partial charge on any atom is -0.339 e. The van der Waals surface area contributed by atoms with Gasteiger partial charge in [-0.3, -0.25) is 9.59 Å². The Balaban J connectivity index is 1.51. The largest absolute Gasteiger partial charge is 0.339 e. The molecule has 0 radical (unpaired) electrons. The van der Waals surface area contributed by atoms with Gasteiger partial charge in [-0.15, -0.1) is 0 Å². The number of amides is 2. The summed E-state index contributed by atoms with van der Waals surface area (Å²) >= 11 is 0. The predicted molar refractivity (Wildman–Crippen MR) is 109 cm³/mol. The first-order chi connectivity index (χ1) is 13.9. The SMILES string of the molecule is CC1(C)COC2(OC1)C(=O)N(CC1CC1)c1ccc(C(=O)N3CCCCC3)cc12. The minimum atomic E-state index is -1.40. The number of rotatable bonds is 3. The van der Waals surface area contributed by atoms with Crippen molar-refractivity contribution in [3.8, 4) is 0 Å². The smallest absolute Gasteiger partial charge is 0.292 e. The number of benzene rings is 1. The van der Waals surface area contributed by atoms with Gasteiger partial charge < -0.3 is 19.3 Å². The second kappa shape index (κ2) is 6.81. The van der Waals surface area contributed by atoms with Gasteiger partial charge in [0, 0.05) is 36.2 Å². The van der Waals surface area contributed by atoms with Crippen LogP contribution >= 0.6 is 0 Å². The van der Waals surface area contributed by atoms with Crippen LogP contribution in [0.2, 0.25) is 0 Å². The van der Waals surface area contributed by atoms with Crippen LogP contribution < -0.4 is 4.90 Å². The van der Waals surface area contributed by atoms with Gasteiger partial charge in [0.2, 0.25) is 0 Å². The number of carbonyl (C=O) groups is 2. The number of fused-ring (bicyclic) bond motifs is 2. The molecule has 3 fully saturated rings. The van der Waals surface area contributed by atoms with Crippen molar-refractivity contribution in [1.82, 2.24) is 4.90 Å². The number of hydrogen-bond donors (Lipinski definition) is 0. The Morgan fingerprint density at radius 2 is 1.79 bits per heavy atom. The maximum Gasteiger partial charge on any atom is 0.292 e. The zero-order chi connectivity index (χ0) is 20.2. The van der Waals surface area contributed by atoms with Gasteiger partial charge in [0.1, 0.15) is 0 Å². The third kappa shape index (κ3) is 3.26. The first-order valence-corrected chi connectivity index (χ1v) is 10.9. The quantitative estimate of drug-likeness (QED) is 0.784. The fourth-order valence-corrected chi connectivity index (χ4v) is 4.55. The van der Waals surface area contributed by atoms with Gasteiger partial charge in [-0.2, -0.15) is 0 Å². The topological polar surface area (TPSA) is 59.1 Å². The summed E-state index contributed by atoms with van der Waals surface area (Å²) in [6, 6.07) is 5.61. The van der Waals surface area contributed by atoms with E-state index < -0.39 is 5.79 Å². The Labute approximate surface area is 172 Å². The second-order valence-electron chi connectivity index (χ2n) is 9.80. The van der Waals surface area contributed by atoms with E-state index in [2.05, 4.69) is 13.8 Å². The van der Waals surface area contributed by atoms with Crippen molar-refractivity contribution < 1.29 is 19.1 Å². The highest BCUT2D eigenvalue weighted by molar-refractivity contribution is 6.07. The normalized spacial score (nSPS) is 25.4. The summed E-state index contributed by atoms with van der Waals surface area (Å²) in [7, 11) is 0. The average molecular weight is 399 g/mol. The molecule has 29 heavy (non-hydrogen) atoms. The lowest BCUT2D eigenvalue weighted by Crippen LogP contribution is -2.51. The van der Waals surface area contributed by atoms with Crippen molar-refractivity contribution in [3.63, 3.8) is 0 Å². The van der Waals surface area contributed by atoms with Gasteiger partial charge >= 0.3 is 0 Å². The molecule has 1 aliphatic carbocycles. The number of carbonyl (C=O) groups excluding carboxylic acids is 2. The number of piperidine rings is 1. The molecular formula is C23H30N2O4. The Morgan fingerprint density at radius 1 is 1.10 bits per heavy atom. The van der Waals surface area contributed by atoms with Crippen molar-refractivity contribution in [1.29, 1.82) is 0 Å². The van der Waals surface area contributed by atoms with Gasteiger partial charge in [0.15, 0.2) is 0 Å². The van der Waals surface area contributed by atoms with Crippen LogP contribution in [0.25, 0.3) is 0 Å². The van der Waals surface area contributed by atoms with Crippen molar-refractivity contribution in [2.45, 2.75) is 51.7 Å². The van der Waals surface area contributed by atoms with Gasteiger partial charge in [0.25, 0.3) is 17.6 Å². The Morgan fingerprint density at radius 3 is 2.45 bits per heavy atom. The summed E-state index contributed by atoms with van der Waals surface area (Å²) in [4.78, 5) is 30.3. The van der Waals surface area contributed by atoms with Crippen molar-refractivity contribution >= 4 is 17.5 Å². The van der Waals surface area contributed by atoms with E-state index in [9.17, 15) is 9.59 Å². The molecular weight excluding hydrogens is 368 g/mol. The molecule has 156 valence electrons. The molecule has 1 aromatic carbocycles. The Bertz CT molecular complexity index is 829. The van der Waals surface area contributed by atoms with E-state index in [0.717, 1.165) is 44.5 Å². The third-order valence-electron chi connectivity index (χ3n) is 6.53. The van der Waals surface area contributed by atoms with Crippen molar-refractivity contribution in [2.24, 2.45) is 11.3 Å². The van der Waals surface area contributed by atoms with E-state index in [-0.39, 0.29) is 17.2 Å². The Hall–Kier alpha value is -1.92. The van der Waals surface area contributed by atoms with Gasteiger partial charge in [-0.05, 0) is 56.2 Å². The number of nitrogens with zero attached hydrogens (tertiary/aromatic N) is 2. The van der Waals surface area contributed by atoms with Crippen LogP contribution in [0, 0.1) is 11.3 Å². The van der Waals surface area contributed by atoms with Crippen LogP contribution in [-0.4, -0.2) is 49.6 Å². The van der Waals surface area contributed by atoms with E-state index in [0.29, 0.717) is 36.8 Å². The third-order valence-corrected chi connectivity index (χ3v) is 6.53. The fraction of sp³-hybridized carbons (Fsp3) is 0.652. The summed E-state index contributed by atoms with van der Waals surface area (Å²) in [5.74, 6) is -0.959. The zero-order valence-corrected chi connectivity index (χ0v) is 17.4. The molecule has 0 N–H and O–H groups in total. The van der Waals surface area contributed by atoms with Crippen LogP contribution in [-0.2, 0) is 20.1 Å². The van der Waals surface area contributed by atoms with Crippen LogP contribution in [0.1, 0.15) is 61.9 Å². The molecule has 0 bridgehead atoms. The van der Waals surface area contributed by atoms with Gasteiger partial charge in [0.05, 0.1) is 18.9 Å². The van der Waals surface area contributed by atoms with E-state index in [1.165, 1.54) is 6.42 Å². The monoisotopic (exact) mass is 398 g/mol. The molecule has 1 spiro atoms. The van der Waals surface area contributed by atoms with E-state index in [1.807, 2.05) is 28.0 Å². The molecule has 4 aliphatic rings. The fourth-order valence-electron chi connectivity index (χ4n) is 4.55. The second-order valence-corrected chi connectivity index (χ2v) is 9.80. The summed E-state index contributed by atoms with van der Waals surface area (Å²) in [6.45, 7) is 7.32. The molecule has 2 saturated heterocycles. The maximum absolute atomic E-state index is 13.5. The van der Waals surface area contributed by atoms with Crippen LogP contribution in [0.5, 0.6) is 0 Å². The first kappa shape index (κ1) is 19.1. The lowest BCUT2D eigenvalue weighted by atomic mass is 9.93. The predicted octanol–water partition coefficient (Wildman–Crippen LogP) is 3.30. The molecule has 3 aliphatic heterocycles. The summed E-state index contributed by atoms with van der Waals surface area (Å²) in [5, 5.41) is 0. The van der Waals surface area contributed by atoms with E-state index in [4.69, 9.17) is 9.47 Å². The van der Waals surface area contributed by atoms with Crippen LogP contribution in [0.15, 0.2) is 18.2 Å². The standard InChI is InChI=1S/C23H30N2O4/c1-22(2)14-28-23(29-15-22)18-12-17(20(26)24-10-4-3-5-11-24)8-9-19(18)25(21(23)27)13-16-6-7-16/h8-9,12,16H,3-7,10-11,13-15H2,1-2H3. The molecule has 3 heterocycles. The number of anilines is 1. The summed E-state index contributed by atoms with van der Waals surface area (Å²) in [5.41, 5.74) is 2.00. The van der Waals surface area contributed by atoms with E-state index in [1.54, 1.807) is 0 Å². The average Bonchev–Trinajstić information content (AvgIpc) is 3.53. The molecule has 6 nitrogen and oxygen atoms in total. The van der Waals surface area contributed by atoms with Crippen molar-refractivity contribution in [3.05, 3.63) is 29.3 Å². The highest BCUT2D eigenvalue weighted by Crippen LogP contribution is 2.49. The van der Waals surface area contributed by atoms with Crippen LogP contribution in [0.4, 0.5) is 5.69 Å². The molecule has 0 unspecified atom stereocenters. The van der Waals surface area contributed by atoms with E-state index >= 15 is 0 Å². The summed E-state index contributed by atoms with van der Waals surface area (Å²) < 4.78 is 12.3. The molecule has 6 heteroatoms. The minimum absolute atomic E-state index is 0.0341. The molecule has 2 amide bonds. The maximum atomic E-state index is 13.5. The number of ether oxygens (including phenoxy) is 2. The van der Waals surface area contributed by atoms with Gasteiger partial charge in [-0.25, -0.2) is 0 Å². The van der Waals surface area contributed by atoms with Crippen LogP contribution in [0.3, 0.4) is 0 Å². The molecule has 0 aromatic heterocycles. The van der Waals surface area contributed by atoms with Crippen molar-refractivity contribution in [2.75, 3.05) is 37.7 Å².